The van der Waals surface area contributed by atoms with Gasteiger partial charge in [-0.2, -0.15) is 0 Å². The molecule has 1 aromatic carbocycles. The lowest BCUT2D eigenvalue weighted by Gasteiger charge is -2.34. The van der Waals surface area contributed by atoms with Crippen molar-refractivity contribution in [3.05, 3.63) is 18.2 Å². The lowest BCUT2D eigenvalue weighted by Crippen LogP contribution is -2.46. The number of nitrogens with zero attached hydrogens (tertiary/aromatic N) is 2. The van der Waals surface area contributed by atoms with Gasteiger partial charge < -0.3 is 20.7 Å². The maximum atomic E-state index is 12.8. The van der Waals surface area contributed by atoms with Gasteiger partial charge in [-0.3, -0.25) is 4.79 Å². The first-order valence-electron chi connectivity index (χ1n) is 8.95. The first-order valence-corrected chi connectivity index (χ1v) is 9.77. The molecule has 2 fully saturated rings. The summed E-state index contributed by atoms with van der Waals surface area (Å²) in [6, 6.07) is 5.94. The normalized spacial score (nSPS) is 18.6. The van der Waals surface area contributed by atoms with Gasteiger partial charge in [0, 0.05) is 38.5 Å². The monoisotopic (exact) mass is 432 g/mol. The Bertz CT molecular complexity index is 774. The highest BCUT2D eigenvalue weighted by molar-refractivity contribution is 7.22. The van der Waals surface area contributed by atoms with E-state index in [1.54, 1.807) is 11.3 Å². The third-order valence-electron chi connectivity index (χ3n) is 5.33. The summed E-state index contributed by atoms with van der Waals surface area (Å²) < 4.78 is 6.49. The number of hydrogen-bond donors (Lipinski definition) is 2. The van der Waals surface area contributed by atoms with Gasteiger partial charge >= 0.3 is 0 Å². The van der Waals surface area contributed by atoms with E-state index in [0.29, 0.717) is 32.6 Å². The standard InChI is InChI=1S/C18H24N4O2S.2ClH/c19-12-18(5-9-24-10-6-18)16(23)20-13-3-4-14-15(11-13)25-17(21-14)22-7-1-2-8-22;;/h3-4,11H,1-2,5-10,12,19H2,(H,20,23);2*1H. The number of rotatable bonds is 4. The fraction of sp³-hybridized carbons (Fsp3) is 0.556. The third kappa shape index (κ3) is 4.49. The number of nitrogens with one attached hydrogen (secondary N) is 1. The van der Waals surface area contributed by atoms with Crippen molar-refractivity contribution in [3.63, 3.8) is 0 Å². The largest absolute Gasteiger partial charge is 0.381 e. The predicted molar refractivity (Wildman–Crippen MR) is 116 cm³/mol. The summed E-state index contributed by atoms with van der Waals surface area (Å²) in [7, 11) is 0. The van der Waals surface area contributed by atoms with Gasteiger partial charge in [0.25, 0.3) is 0 Å². The molecular weight excluding hydrogens is 407 g/mol. The predicted octanol–water partition coefficient (Wildman–Crippen LogP) is 3.43. The van der Waals surface area contributed by atoms with Crippen LogP contribution in [0.2, 0.25) is 0 Å². The second kappa shape index (κ2) is 9.39. The van der Waals surface area contributed by atoms with Crippen molar-refractivity contribution in [3.8, 4) is 0 Å². The summed E-state index contributed by atoms with van der Waals surface area (Å²) >= 11 is 1.70. The molecule has 9 heteroatoms. The molecule has 0 bridgehead atoms. The van der Waals surface area contributed by atoms with Crippen LogP contribution >= 0.6 is 36.2 Å². The van der Waals surface area contributed by atoms with Gasteiger partial charge in [-0.1, -0.05) is 11.3 Å². The molecule has 3 heterocycles. The van der Waals surface area contributed by atoms with Crippen molar-refractivity contribution in [2.75, 3.05) is 43.1 Å². The molecule has 2 aliphatic rings. The maximum Gasteiger partial charge on any atom is 0.232 e. The average Bonchev–Trinajstić information content (AvgIpc) is 3.31. The Morgan fingerprint density at radius 2 is 1.96 bits per heavy atom. The molecule has 27 heavy (non-hydrogen) atoms. The SMILES string of the molecule is Cl.Cl.NCC1(C(=O)Nc2ccc3nc(N4CCCC4)sc3c2)CCOCC1. The number of halogens is 2. The highest BCUT2D eigenvalue weighted by Gasteiger charge is 2.38. The van der Waals surface area contributed by atoms with E-state index in [1.165, 1.54) is 12.8 Å². The minimum Gasteiger partial charge on any atom is -0.381 e. The Kier molecular flexibility index (Phi) is 7.71. The average molecular weight is 433 g/mol. The second-order valence-corrected chi connectivity index (χ2v) is 7.93. The van der Waals surface area contributed by atoms with Crippen molar-refractivity contribution >= 4 is 63.1 Å². The summed E-state index contributed by atoms with van der Waals surface area (Å²) in [5.74, 6) is 0.00179. The number of fused-ring (bicyclic) bond motifs is 1. The fourth-order valence-electron chi connectivity index (χ4n) is 3.58. The van der Waals surface area contributed by atoms with E-state index in [1.807, 2.05) is 18.2 Å². The van der Waals surface area contributed by atoms with Crippen molar-refractivity contribution in [1.29, 1.82) is 0 Å². The van der Waals surface area contributed by atoms with E-state index in [0.717, 1.165) is 34.1 Å². The second-order valence-electron chi connectivity index (χ2n) is 6.92. The van der Waals surface area contributed by atoms with Crippen LogP contribution in [-0.2, 0) is 9.53 Å². The van der Waals surface area contributed by atoms with Crippen molar-refractivity contribution in [2.24, 2.45) is 11.1 Å². The lowest BCUT2D eigenvalue weighted by molar-refractivity contribution is -0.130. The van der Waals surface area contributed by atoms with Gasteiger partial charge in [0.2, 0.25) is 5.91 Å². The third-order valence-corrected chi connectivity index (χ3v) is 6.41. The molecule has 2 saturated heterocycles. The molecule has 6 nitrogen and oxygen atoms in total. The maximum absolute atomic E-state index is 12.8. The molecule has 3 N–H and O–H groups in total. The van der Waals surface area contributed by atoms with Crippen molar-refractivity contribution in [2.45, 2.75) is 25.7 Å². The highest BCUT2D eigenvalue weighted by Crippen LogP contribution is 2.34. The smallest absolute Gasteiger partial charge is 0.232 e. The molecule has 150 valence electrons. The van der Waals surface area contributed by atoms with Crippen LogP contribution in [0.1, 0.15) is 25.7 Å². The van der Waals surface area contributed by atoms with E-state index < -0.39 is 5.41 Å². The zero-order valence-electron chi connectivity index (χ0n) is 15.1. The number of ether oxygens (including phenoxy) is 1. The number of amides is 1. The molecule has 1 amide bonds. The van der Waals surface area contributed by atoms with Crippen LogP contribution in [-0.4, -0.2) is 43.7 Å². The van der Waals surface area contributed by atoms with E-state index in [-0.39, 0.29) is 30.7 Å². The summed E-state index contributed by atoms with van der Waals surface area (Å²) in [6.07, 6.45) is 3.83. The molecule has 2 aromatic rings. The number of thiazole rings is 1. The van der Waals surface area contributed by atoms with Crippen LogP contribution in [0.15, 0.2) is 18.2 Å². The molecule has 1 aromatic heterocycles. The van der Waals surface area contributed by atoms with E-state index in [4.69, 9.17) is 15.5 Å². The summed E-state index contributed by atoms with van der Waals surface area (Å²) in [5, 5.41) is 4.15. The van der Waals surface area contributed by atoms with Gasteiger partial charge in [-0.25, -0.2) is 4.98 Å². The molecule has 0 saturated carbocycles. The molecule has 0 radical (unpaired) electrons. The Morgan fingerprint density at radius 3 is 2.63 bits per heavy atom. The van der Waals surface area contributed by atoms with Crippen molar-refractivity contribution in [1.82, 2.24) is 4.98 Å². The Labute approximate surface area is 175 Å². The zero-order valence-corrected chi connectivity index (χ0v) is 17.6. The molecule has 2 aliphatic heterocycles. The number of benzene rings is 1. The Morgan fingerprint density at radius 1 is 1.26 bits per heavy atom. The van der Waals surface area contributed by atoms with Gasteiger partial charge in [-0.15, -0.1) is 24.8 Å². The number of nitrogens with two attached hydrogens (primary N) is 1. The molecule has 0 atom stereocenters. The summed E-state index contributed by atoms with van der Waals surface area (Å²) in [6.45, 7) is 3.72. The van der Waals surface area contributed by atoms with Gasteiger partial charge in [0.1, 0.15) is 0 Å². The molecule has 4 rings (SSSR count). The lowest BCUT2D eigenvalue weighted by atomic mass is 9.79. The number of carbonyl (C=O) groups is 1. The van der Waals surface area contributed by atoms with Gasteiger partial charge in [-0.05, 0) is 43.9 Å². The van der Waals surface area contributed by atoms with Gasteiger partial charge in [0.05, 0.1) is 15.6 Å². The molecule has 0 aliphatic carbocycles. The topological polar surface area (TPSA) is 80.5 Å². The highest BCUT2D eigenvalue weighted by atomic mass is 35.5. The van der Waals surface area contributed by atoms with E-state index in [9.17, 15) is 4.79 Å². The summed E-state index contributed by atoms with van der Waals surface area (Å²) in [4.78, 5) is 19.9. The molecule has 0 unspecified atom stereocenters. The van der Waals surface area contributed by atoms with Crippen LogP contribution < -0.4 is 16.0 Å². The van der Waals surface area contributed by atoms with E-state index in [2.05, 4.69) is 10.2 Å². The molecular formula is C18H26Cl2N4O2S. The van der Waals surface area contributed by atoms with Crippen LogP contribution in [0.25, 0.3) is 10.2 Å². The fourth-order valence-corrected chi connectivity index (χ4v) is 4.64. The first-order chi connectivity index (χ1) is 12.2. The van der Waals surface area contributed by atoms with Crippen LogP contribution in [0, 0.1) is 5.41 Å². The Hall–Kier alpha value is -1.12. The quantitative estimate of drug-likeness (QED) is 0.772. The minimum absolute atomic E-state index is 0. The number of carbonyl (C=O) groups excluding carboxylic acids is 1. The number of hydrogen-bond acceptors (Lipinski definition) is 6. The molecule has 0 spiro atoms. The van der Waals surface area contributed by atoms with Crippen LogP contribution in [0.4, 0.5) is 10.8 Å². The number of anilines is 2. The van der Waals surface area contributed by atoms with Crippen molar-refractivity contribution < 1.29 is 9.53 Å². The van der Waals surface area contributed by atoms with E-state index >= 15 is 0 Å². The van der Waals surface area contributed by atoms with Gasteiger partial charge in [0.15, 0.2) is 5.13 Å². The number of aromatic nitrogens is 1. The Balaban J connectivity index is 0.00000131. The minimum atomic E-state index is -0.512. The van der Waals surface area contributed by atoms with Crippen LogP contribution in [0.5, 0.6) is 0 Å². The first kappa shape index (κ1) is 22.2. The zero-order chi connectivity index (χ0) is 17.3. The van der Waals surface area contributed by atoms with Crippen LogP contribution in [0.3, 0.4) is 0 Å². The summed E-state index contributed by atoms with van der Waals surface area (Å²) in [5.41, 5.74) is 7.22.